The van der Waals surface area contributed by atoms with E-state index in [4.69, 9.17) is 23.2 Å². The van der Waals surface area contributed by atoms with Crippen molar-refractivity contribution in [2.45, 2.75) is 13.3 Å². The van der Waals surface area contributed by atoms with Gasteiger partial charge in [0.05, 0.1) is 5.69 Å². The molecule has 96 valence electrons. The van der Waals surface area contributed by atoms with E-state index in [0.29, 0.717) is 35.2 Å². The van der Waals surface area contributed by atoms with Crippen LogP contribution in [0.1, 0.15) is 13.3 Å². The lowest BCUT2D eigenvalue weighted by Crippen LogP contribution is -2.52. The number of halogens is 2. The summed E-state index contributed by atoms with van der Waals surface area (Å²) in [6.07, 6.45) is 0.309. The molecule has 4 nitrogen and oxygen atoms in total. The van der Waals surface area contributed by atoms with Crippen molar-refractivity contribution in [2.75, 3.05) is 18.0 Å². The molecule has 18 heavy (non-hydrogen) atoms. The molecule has 0 bridgehead atoms. The average molecular weight is 287 g/mol. The molecule has 0 radical (unpaired) electrons. The number of urea groups is 1. The minimum absolute atomic E-state index is 0.233. The van der Waals surface area contributed by atoms with E-state index in [9.17, 15) is 9.59 Å². The fourth-order valence-corrected chi connectivity index (χ4v) is 2.42. The van der Waals surface area contributed by atoms with E-state index in [1.807, 2.05) is 6.92 Å². The van der Waals surface area contributed by atoms with Crippen LogP contribution in [0.4, 0.5) is 10.5 Å². The van der Waals surface area contributed by atoms with Gasteiger partial charge in [-0.1, -0.05) is 23.2 Å². The maximum Gasteiger partial charge on any atom is 0.331 e. The highest BCUT2D eigenvalue weighted by molar-refractivity contribution is 6.35. The summed E-state index contributed by atoms with van der Waals surface area (Å²) < 4.78 is 0. The van der Waals surface area contributed by atoms with Gasteiger partial charge in [-0.3, -0.25) is 4.79 Å². The van der Waals surface area contributed by atoms with Crippen LogP contribution < -0.4 is 4.90 Å². The molecule has 1 aliphatic rings. The Kier molecular flexibility index (Phi) is 3.78. The first-order valence-corrected chi connectivity index (χ1v) is 6.36. The van der Waals surface area contributed by atoms with Gasteiger partial charge in [0.25, 0.3) is 0 Å². The van der Waals surface area contributed by atoms with E-state index >= 15 is 0 Å². The third-order valence-corrected chi connectivity index (χ3v) is 3.23. The van der Waals surface area contributed by atoms with Gasteiger partial charge < -0.3 is 4.90 Å². The highest BCUT2D eigenvalue weighted by Crippen LogP contribution is 2.28. The minimum Gasteiger partial charge on any atom is -0.324 e. The van der Waals surface area contributed by atoms with E-state index in [2.05, 4.69) is 0 Å². The second kappa shape index (κ2) is 5.16. The molecule has 0 aromatic heterocycles. The van der Waals surface area contributed by atoms with Gasteiger partial charge in [-0.2, -0.15) is 0 Å². The zero-order valence-electron chi connectivity index (χ0n) is 9.82. The van der Waals surface area contributed by atoms with Crippen LogP contribution in [-0.4, -0.2) is 29.9 Å². The van der Waals surface area contributed by atoms with Crippen LogP contribution in [0.3, 0.4) is 0 Å². The lowest BCUT2D eigenvalue weighted by Gasteiger charge is -2.33. The van der Waals surface area contributed by atoms with Crippen molar-refractivity contribution in [3.8, 4) is 0 Å². The van der Waals surface area contributed by atoms with Crippen LogP contribution >= 0.6 is 23.2 Å². The summed E-state index contributed by atoms with van der Waals surface area (Å²) in [5.41, 5.74) is 0.417. The van der Waals surface area contributed by atoms with Crippen molar-refractivity contribution in [3.63, 3.8) is 0 Å². The highest BCUT2D eigenvalue weighted by Gasteiger charge is 2.32. The summed E-state index contributed by atoms with van der Waals surface area (Å²) >= 11 is 11.8. The molecular weight excluding hydrogens is 275 g/mol. The van der Waals surface area contributed by atoms with Gasteiger partial charge in [0.15, 0.2) is 0 Å². The highest BCUT2D eigenvalue weighted by atomic mass is 35.5. The van der Waals surface area contributed by atoms with Crippen LogP contribution in [0, 0.1) is 0 Å². The first kappa shape index (κ1) is 13.2. The number of carbonyl (C=O) groups is 2. The smallest absolute Gasteiger partial charge is 0.324 e. The molecule has 0 unspecified atom stereocenters. The first-order chi connectivity index (χ1) is 8.52. The van der Waals surface area contributed by atoms with E-state index < -0.39 is 0 Å². The molecule has 0 spiro atoms. The number of nitrogens with zero attached hydrogens (tertiary/aromatic N) is 2. The van der Waals surface area contributed by atoms with Gasteiger partial charge in [0, 0.05) is 29.6 Å². The zero-order valence-corrected chi connectivity index (χ0v) is 11.3. The molecule has 0 saturated carbocycles. The molecule has 3 amide bonds. The van der Waals surface area contributed by atoms with Gasteiger partial charge in [0.2, 0.25) is 5.91 Å². The van der Waals surface area contributed by atoms with E-state index in [1.165, 1.54) is 0 Å². The Hall–Kier alpha value is -1.26. The number of carbonyl (C=O) groups excluding carboxylic acids is 2. The maximum absolute atomic E-state index is 12.1. The lowest BCUT2D eigenvalue weighted by atomic mass is 10.2. The first-order valence-electron chi connectivity index (χ1n) is 5.61. The van der Waals surface area contributed by atoms with Crippen LogP contribution in [0.5, 0.6) is 0 Å². The zero-order chi connectivity index (χ0) is 13.3. The third kappa shape index (κ3) is 2.44. The van der Waals surface area contributed by atoms with Crippen molar-refractivity contribution < 1.29 is 9.59 Å². The molecule has 6 heteroatoms. The fraction of sp³-hybridized carbons (Fsp3) is 0.333. The molecule has 1 aromatic rings. The van der Waals surface area contributed by atoms with E-state index in [1.54, 1.807) is 23.1 Å². The molecule has 1 aliphatic heterocycles. The predicted octanol–water partition coefficient (Wildman–Crippen LogP) is 3.17. The summed E-state index contributed by atoms with van der Waals surface area (Å²) in [5.74, 6) is -0.233. The molecule has 0 aliphatic carbocycles. The van der Waals surface area contributed by atoms with Gasteiger partial charge in [-0.25, -0.2) is 9.69 Å². The normalized spacial score (nSPS) is 16.4. The largest absolute Gasteiger partial charge is 0.331 e. The number of amides is 3. The van der Waals surface area contributed by atoms with E-state index in [-0.39, 0.29) is 11.9 Å². The molecular formula is C12H12Cl2N2O2. The molecule has 0 atom stereocenters. The van der Waals surface area contributed by atoms with Crippen molar-refractivity contribution in [2.24, 2.45) is 0 Å². The Bertz CT molecular complexity index is 485. The average Bonchev–Trinajstić information content (AvgIpc) is 2.28. The quantitative estimate of drug-likeness (QED) is 0.838. The summed E-state index contributed by atoms with van der Waals surface area (Å²) in [6, 6.07) is 4.35. The second-order valence-electron chi connectivity index (χ2n) is 3.97. The van der Waals surface area contributed by atoms with Crippen LogP contribution in [-0.2, 0) is 4.79 Å². The molecule has 1 fully saturated rings. The Balaban J connectivity index is 2.40. The Morgan fingerprint density at radius 2 is 1.78 bits per heavy atom. The number of rotatable bonds is 2. The molecule has 0 N–H and O–H groups in total. The van der Waals surface area contributed by atoms with Crippen LogP contribution in [0.2, 0.25) is 10.0 Å². The Labute approximate surface area is 115 Å². The van der Waals surface area contributed by atoms with Crippen molar-refractivity contribution >= 4 is 40.8 Å². The van der Waals surface area contributed by atoms with Crippen molar-refractivity contribution in [3.05, 3.63) is 28.2 Å². The number of hydrogen-bond acceptors (Lipinski definition) is 2. The SMILES string of the molecule is CCN1CCC(=O)N(c2cc(Cl)cc(Cl)c2)C1=O. The predicted molar refractivity (Wildman–Crippen MR) is 71.2 cm³/mol. The standard InChI is InChI=1S/C12H12Cl2N2O2/c1-2-15-4-3-11(17)16(12(15)18)10-6-8(13)5-9(14)7-10/h5-7H,2-4H2,1H3. The summed E-state index contributed by atoms with van der Waals surface area (Å²) in [6.45, 7) is 2.90. The Morgan fingerprint density at radius 1 is 1.17 bits per heavy atom. The van der Waals surface area contributed by atoms with Gasteiger partial charge in [-0.05, 0) is 25.1 Å². The lowest BCUT2D eigenvalue weighted by molar-refractivity contribution is -0.119. The molecule has 2 rings (SSSR count). The second-order valence-corrected chi connectivity index (χ2v) is 4.84. The van der Waals surface area contributed by atoms with Crippen LogP contribution in [0.15, 0.2) is 18.2 Å². The number of imide groups is 1. The molecule has 1 heterocycles. The van der Waals surface area contributed by atoms with Gasteiger partial charge >= 0.3 is 6.03 Å². The van der Waals surface area contributed by atoms with Gasteiger partial charge in [0.1, 0.15) is 0 Å². The topological polar surface area (TPSA) is 40.6 Å². The summed E-state index contributed by atoms with van der Waals surface area (Å²) in [4.78, 5) is 26.8. The third-order valence-electron chi connectivity index (χ3n) is 2.79. The fourth-order valence-electron chi connectivity index (χ4n) is 1.90. The number of hydrogen-bond donors (Lipinski definition) is 0. The van der Waals surface area contributed by atoms with Crippen molar-refractivity contribution in [1.82, 2.24) is 4.90 Å². The van der Waals surface area contributed by atoms with Crippen molar-refractivity contribution in [1.29, 1.82) is 0 Å². The van der Waals surface area contributed by atoms with E-state index in [0.717, 1.165) is 4.90 Å². The maximum atomic E-state index is 12.1. The van der Waals surface area contributed by atoms with Crippen LogP contribution in [0.25, 0.3) is 0 Å². The number of anilines is 1. The molecule has 1 aromatic carbocycles. The minimum atomic E-state index is -0.327. The number of benzene rings is 1. The summed E-state index contributed by atoms with van der Waals surface area (Å²) in [5, 5.41) is 0.790. The van der Waals surface area contributed by atoms with Gasteiger partial charge in [-0.15, -0.1) is 0 Å². The summed E-state index contributed by atoms with van der Waals surface area (Å²) in [7, 11) is 0. The Morgan fingerprint density at radius 3 is 2.33 bits per heavy atom. The molecule has 1 saturated heterocycles. The monoisotopic (exact) mass is 286 g/mol.